The van der Waals surface area contributed by atoms with Crippen molar-refractivity contribution in [2.24, 2.45) is 5.92 Å². The van der Waals surface area contributed by atoms with Gasteiger partial charge in [0.05, 0.1) is 13.2 Å². The van der Waals surface area contributed by atoms with Gasteiger partial charge in [0.2, 0.25) is 6.43 Å². The normalized spacial score (nSPS) is 21.4. The number of rotatable bonds is 15. The number of hydrogen-bond donors (Lipinski definition) is 2. The van der Waals surface area contributed by atoms with Crippen molar-refractivity contribution >= 4 is 41.6 Å². The molecule has 1 saturated carbocycles. The highest BCUT2D eigenvalue weighted by atomic mass is 32.2. The van der Waals surface area contributed by atoms with Gasteiger partial charge in [-0.2, -0.15) is 21.6 Å². The third-order valence-electron chi connectivity index (χ3n) is 16.7. The number of benzene rings is 4. The maximum absolute atomic E-state index is 15.0. The first-order chi connectivity index (χ1) is 39.8. The highest BCUT2D eigenvalue weighted by Crippen LogP contribution is 2.46. The van der Waals surface area contributed by atoms with Gasteiger partial charge in [-0.1, -0.05) is 81.4 Å². The standard InChI is InChI=1S/C30H41F2N3O2Si.C27H30F4N2O2.C3H3F5O3S/c1-29(2,3)38(5,6)37-21-30(23-10-8-7-9-11-23)19-22(26-18-24(31)12-13-27(26)32)20-35(30)28(36)34(4)25-14-16-33-17-15-25;1-32(22-10-7-18(8-11-22)13-25(30)31)26(35)33-16-19(23-14-21(28)9-12-24(23)29)15-27(33,17-34)20-5-3-2-4-6-20;4-2(5)1-11-12(9,10)3(6,7)8/h7-13,18-19,25,33H,14-17,20-21H2,1-6H3;2-6,9,12,14-15,18,22,25,34H,7-8,10-11,13,16-17H2,1H3;2H,1H2. The smallest absolute Gasteiger partial charge is 0.414 e. The van der Waals surface area contributed by atoms with Crippen LogP contribution in [0.3, 0.4) is 0 Å². The molecule has 2 unspecified atom stereocenters. The van der Waals surface area contributed by atoms with Gasteiger partial charge in [0.15, 0.2) is 8.32 Å². The van der Waals surface area contributed by atoms with Gasteiger partial charge < -0.3 is 34.4 Å². The lowest BCUT2D eigenvalue weighted by atomic mass is 9.83. The van der Waals surface area contributed by atoms with E-state index < -0.39 is 84.4 Å². The summed E-state index contributed by atoms with van der Waals surface area (Å²) in [6.45, 7) is 10.8. The average Bonchev–Trinajstić information content (AvgIpc) is 2.05. The first kappa shape index (κ1) is 68.3. The predicted octanol–water partition coefficient (Wildman–Crippen LogP) is 13.3. The Kier molecular flexibility index (Phi) is 22.7. The summed E-state index contributed by atoms with van der Waals surface area (Å²) in [5, 5.41) is 13.9. The number of alkyl halides is 7. The van der Waals surface area contributed by atoms with Crippen molar-refractivity contribution in [2.45, 2.75) is 125 Å². The molecule has 4 aromatic carbocycles. The van der Waals surface area contributed by atoms with E-state index in [0.29, 0.717) is 42.4 Å². The van der Waals surface area contributed by atoms with Crippen LogP contribution < -0.4 is 5.32 Å². The molecule has 1 saturated heterocycles. The Bertz CT molecular complexity index is 3070. The SMILES string of the molecule is CN(C(=O)N1CC(c2cc(F)ccc2F)=CC1(CO)c1ccccc1)C1CCC(CC(F)F)CC1.CN(C(=O)N1CC(c2cc(F)ccc2F)=CC1(CO[Si](C)(C)C(C)(C)C)c1ccccc1)C1CCNCC1.O=S(=O)(OCC(F)F)C(F)(F)F. The van der Waals surface area contributed by atoms with E-state index in [9.17, 15) is 67.0 Å². The molecule has 12 nitrogen and oxygen atoms in total. The molecular weight excluding hydrogens is 1170 g/mol. The van der Waals surface area contributed by atoms with E-state index in [1.54, 1.807) is 47.2 Å². The molecule has 0 spiro atoms. The third-order valence-corrected chi connectivity index (χ3v) is 22.2. The first-order valence-electron chi connectivity index (χ1n) is 27.8. The molecular formula is C60H74F11N5O7SSi. The Morgan fingerprint density at radius 3 is 1.54 bits per heavy atom. The summed E-state index contributed by atoms with van der Waals surface area (Å²) < 4.78 is 169. The number of amides is 4. The highest BCUT2D eigenvalue weighted by molar-refractivity contribution is 7.87. The molecule has 1 aliphatic carbocycles. The molecule has 4 aromatic rings. The summed E-state index contributed by atoms with van der Waals surface area (Å²) in [6, 6.07) is 24.9. The van der Waals surface area contributed by atoms with Crippen molar-refractivity contribution in [3.63, 3.8) is 0 Å². The molecule has 2 atom stereocenters. The van der Waals surface area contributed by atoms with Gasteiger partial charge in [0, 0.05) is 56.8 Å². The van der Waals surface area contributed by atoms with Crippen LogP contribution in [0.1, 0.15) is 88.0 Å². The highest BCUT2D eigenvalue weighted by Gasteiger charge is 2.51. The van der Waals surface area contributed by atoms with Crippen molar-refractivity contribution in [3.8, 4) is 0 Å². The zero-order valence-corrected chi connectivity index (χ0v) is 50.2. The number of aliphatic hydroxyl groups is 1. The van der Waals surface area contributed by atoms with Crippen LogP contribution in [0, 0.1) is 29.2 Å². The summed E-state index contributed by atoms with van der Waals surface area (Å²) in [5.41, 5.74) is -5.13. The van der Waals surface area contributed by atoms with Crippen molar-refractivity contribution < 1.29 is 80.0 Å². The number of nitrogens with one attached hydrogen (secondary N) is 1. The quantitative estimate of drug-likeness (QED) is 0.0521. The monoisotopic (exact) mass is 1250 g/mol. The zero-order valence-electron chi connectivity index (χ0n) is 48.4. The predicted molar refractivity (Wildman–Crippen MR) is 304 cm³/mol. The Labute approximate surface area is 490 Å². The minimum atomic E-state index is -5.87. The maximum atomic E-state index is 15.0. The molecule has 85 heavy (non-hydrogen) atoms. The number of halogens is 11. The van der Waals surface area contributed by atoms with E-state index in [4.69, 9.17) is 4.43 Å². The van der Waals surface area contributed by atoms with Gasteiger partial charge in [-0.25, -0.2) is 44.7 Å². The lowest BCUT2D eigenvalue weighted by molar-refractivity contribution is -0.0572. The van der Waals surface area contributed by atoms with E-state index in [-0.39, 0.29) is 72.3 Å². The first-order valence-corrected chi connectivity index (χ1v) is 32.1. The average molecular weight is 1250 g/mol. The van der Waals surface area contributed by atoms with Crippen LogP contribution in [0.2, 0.25) is 18.1 Å². The van der Waals surface area contributed by atoms with Crippen LogP contribution in [0.5, 0.6) is 0 Å². The van der Waals surface area contributed by atoms with Crippen LogP contribution in [0.25, 0.3) is 11.1 Å². The Morgan fingerprint density at radius 1 is 0.682 bits per heavy atom. The van der Waals surface area contributed by atoms with Crippen LogP contribution in [0.4, 0.5) is 57.9 Å². The summed E-state index contributed by atoms with van der Waals surface area (Å²) in [6.07, 6.45) is 2.07. The molecule has 2 N–H and O–H groups in total. The summed E-state index contributed by atoms with van der Waals surface area (Å²) >= 11 is 0. The van der Waals surface area contributed by atoms with Crippen molar-refractivity contribution in [1.29, 1.82) is 0 Å². The molecule has 4 amide bonds. The van der Waals surface area contributed by atoms with Crippen LogP contribution in [-0.2, 0) is 29.8 Å². The topological polar surface area (TPSA) is 132 Å². The van der Waals surface area contributed by atoms with E-state index in [1.807, 2.05) is 54.4 Å². The van der Waals surface area contributed by atoms with Gasteiger partial charge >= 0.3 is 27.7 Å². The van der Waals surface area contributed by atoms with Crippen LogP contribution >= 0.6 is 0 Å². The molecule has 0 radical (unpaired) electrons. The Hall–Kier alpha value is -5.86. The number of hydrogen-bond acceptors (Lipinski definition) is 8. The fraction of sp³-hybridized carbons (Fsp3) is 0.500. The van der Waals surface area contributed by atoms with Gasteiger partial charge in [0.25, 0.3) is 6.43 Å². The van der Waals surface area contributed by atoms with Gasteiger partial charge in [-0.15, -0.1) is 0 Å². The van der Waals surface area contributed by atoms with Crippen LogP contribution in [-0.4, -0.2) is 144 Å². The summed E-state index contributed by atoms with van der Waals surface area (Å²) in [7, 11) is -4.57. The van der Waals surface area contributed by atoms with E-state index in [1.165, 1.54) is 11.0 Å². The second-order valence-electron chi connectivity index (χ2n) is 23.2. The van der Waals surface area contributed by atoms with Crippen molar-refractivity contribution in [1.82, 2.24) is 24.9 Å². The lowest BCUT2D eigenvalue weighted by Gasteiger charge is -2.45. The summed E-state index contributed by atoms with van der Waals surface area (Å²) in [5.74, 6) is -2.28. The Morgan fingerprint density at radius 2 is 1.12 bits per heavy atom. The van der Waals surface area contributed by atoms with Crippen LogP contribution in [0.15, 0.2) is 109 Å². The number of urea groups is 2. The fourth-order valence-electron chi connectivity index (χ4n) is 10.7. The second-order valence-corrected chi connectivity index (χ2v) is 29.6. The molecule has 4 aliphatic rings. The lowest BCUT2D eigenvalue weighted by Crippen LogP contribution is -2.57. The molecule has 468 valence electrons. The molecule has 3 heterocycles. The number of carbonyl (C=O) groups is 2. The molecule has 0 aromatic heterocycles. The zero-order chi connectivity index (χ0) is 62.9. The fourth-order valence-corrected chi connectivity index (χ4v) is 12.1. The molecule has 0 bridgehead atoms. The third kappa shape index (κ3) is 16.4. The number of piperidine rings is 1. The molecule has 3 aliphatic heterocycles. The number of nitrogens with zero attached hydrogens (tertiary/aromatic N) is 4. The largest absolute Gasteiger partial charge is 0.523 e. The molecule has 2 fully saturated rings. The van der Waals surface area contributed by atoms with Gasteiger partial charge in [-0.3, -0.25) is 4.18 Å². The number of carbonyl (C=O) groups excluding carboxylic acids is 2. The minimum absolute atomic E-state index is 0.0142. The Balaban J connectivity index is 0.000000229. The van der Waals surface area contributed by atoms with E-state index in [0.717, 1.165) is 61.8 Å². The minimum Gasteiger partial charge on any atom is -0.414 e. The number of aliphatic hydroxyl groups excluding tert-OH is 1. The van der Waals surface area contributed by atoms with Gasteiger partial charge in [-0.05, 0) is 146 Å². The van der Waals surface area contributed by atoms with Crippen molar-refractivity contribution in [2.75, 3.05) is 60.1 Å². The van der Waals surface area contributed by atoms with Crippen molar-refractivity contribution in [3.05, 3.63) is 155 Å². The van der Waals surface area contributed by atoms with Gasteiger partial charge in [0.1, 0.15) is 41.0 Å². The maximum Gasteiger partial charge on any atom is 0.523 e. The molecule has 25 heteroatoms. The second kappa shape index (κ2) is 28.3. The molecule has 8 rings (SSSR count). The van der Waals surface area contributed by atoms with E-state index >= 15 is 4.39 Å². The van der Waals surface area contributed by atoms with E-state index in [2.05, 4.69) is 43.4 Å². The summed E-state index contributed by atoms with van der Waals surface area (Å²) in [4.78, 5) is 34.8.